The summed E-state index contributed by atoms with van der Waals surface area (Å²) in [5, 5.41) is 9.14. The Morgan fingerprint density at radius 3 is 2.50 bits per heavy atom. The third-order valence-electron chi connectivity index (χ3n) is 6.07. The molecular formula is C22H29N4O2+. The number of benzene rings is 1. The second-order valence-corrected chi connectivity index (χ2v) is 8.08. The molecule has 1 aromatic heterocycles. The molecule has 2 N–H and O–H groups in total. The molecule has 0 bridgehead atoms. The number of fused-ring (bicyclic) bond motifs is 1. The second kappa shape index (κ2) is 7.97. The van der Waals surface area contributed by atoms with E-state index in [1.807, 2.05) is 6.92 Å². The summed E-state index contributed by atoms with van der Waals surface area (Å²) in [5.74, 6) is 1.10. The van der Waals surface area contributed by atoms with Crippen LogP contribution in [-0.4, -0.2) is 60.2 Å². The van der Waals surface area contributed by atoms with Crippen LogP contribution in [0.4, 0.5) is 5.95 Å². The van der Waals surface area contributed by atoms with Gasteiger partial charge in [-0.1, -0.05) is 29.8 Å². The quantitative estimate of drug-likeness (QED) is 0.816. The van der Waals surface area contributed by atoms with Gasteiger partial charge < -0.3 is 14.9 Å². The molecule has 6 nitrogen and oxygen atoms in total. The summed E-state index contributed by atoms with van der Waals surface area (Å²) < 4.78 is 0. The molecule has 0 saturated carbocycles. The van der Waals surface area contributed by atoms with Crippen molar-refractivity contribution in [2.75, 3.05) is 44.2 Å². The first-order valence-corrected chi connectivity index (χ1v) is 10.2. The normalized spacial score (nSPS) is 20.3. The van der Waals surface area contributed by atoms with Crippen LogP contribution in [0, 0.1) is 13.8 Å². The van der Waals surface area contributed by atoms with Crippen LogP contribution in [0.2, 0.25) is 0 Å². The highest BCUT2D eigenvalue weighted by atomic mass is 16.3. The molecule has 0 radical (unpaired) electrons. The first kappa shape index (κ1) is 19.0. The van der Waals surface area contributed by atoms with E-state index in [0.29, 0.717) is 6.42 Å². The number of Topliss-reactive ketones (excluding diaryl/α,β-unsaturated/α-hetero) is 1. The van der Waals surface area contributed by atoms with Gasteiger partial charge in [-0.15, -0.1) is 0 Å². The minimum absolute atomic E-state index is 0.160. The monoisotopic (exact) mass is 381 g/mol. The number of anilines is 1. The highest BCUT2D eigenvalue weighted by Gasteiger charge is 2.31. The lowest BCUT2D eigenvalue weighted by Gasteiger charge is -2.33. The Labute approximate surface area is 166 Å². The summed E-state index contributed by atoms with van der Waals surface area (Å²) in [6.07, 6.45) is 1.32. The Bertz CT molecular complexity index is 858. The number of hydrogen-bond acceptors (Lipinski definition) is 5. The maximum Gasteiger partial charge on any atom is 0.226 e. The summed E-state index contributed by atoms with van der Waals surface area (Å²) >= 11 is 0. The molecule has 1 aliphatic heterocycles. The van der Waals surface area contributed by atoms with Crippen molar-refractivity contribution >= 4 is 11.7 Å². The Morgan fingerprint density at radius 2 is 1.82 bits per heavy atom. The van der Waals surface area contributed by atoms with Crippen molar-refractivity contribution in [3.8, 4) is 0 Å². The van der Waals surface area contributed by atoms with Crippen molar-refractivity contribution in [1.29, 1.82) is 0 Å². The number of carbonyl (C=O) groups is 1. The number of ketones is 1. The number of nitrogens with one attached hydrogen (secondary N) is 1. The van der Waals surface area contributed by atoms with Crippen LogP contribution >= 0.6 is 0 Å². The summed E-state index contributed by atoms with van der Waals surface area (Å²) in [6, 6.07) is 8.49. The molecule has 2 aliphatic rings. The van der Waals surface area contributed by atoms with Crippen LogP contribution in [0.3, 0.4) is 0 Å². The van der Waals surface area contributed by atoms with Crippen LogP contribution in [0.1, 0.15) is 45.2 Å². The number of hydrogen-bond donors (Lipinski definition) is 2. The third kappa shape index (κ3) is 3.80. The average molecular weight is 382 g/mol. The fourth-order valence-corrected chi connectivity index (χ4v) is 4.40. The van der Waals surface area contributed by atoms with Gasteiger partial charge in [-0.3, -0.25) is 4.79 Å². The highest BCUT2D eigenvalue weighted by molar-refractivity contribution is 5.99. The number of piperazine rings is 1. The second-order valence-electron chi connectivity index (χ2n) is 8.08. The van der Waals surface area contributed by atoms with Gasteiger partial charge in [-0.2, -0.15) is 0 Å². The molecule has 6 heteroatoms. The molecule has 1 aromatic carbocycles. The fraction of sp³-hybridized carbons (Fsp3) is 0.500. The van der Waals surface area contributed by atoms with Crippen molar-refractivity contribution in [2.45, 2.75) is 32.6 Å². The van der Waals surface area contributed by atoms with Gasteiger partial charge in [0.1, 0.15) is 6.54 Å². The van der Waals surface area contributed by atoms with Crippen LogP contribution in [0.5, 0.6) is 0 Å². The van der Waals surface area contributed by atoms with Gasteiger partial charge in [0.2, 0.25) is 5.95 Å². The van der Waals surface area contributed by atoms with Crippen molar-refractivity contribution in [3.63, 3.8) is 0 Å². The van der Waals surface area contributed by atoms with Gasteiger partial charge in [0.25, 0.3) is 0 Å². The van der Waals surface area contributed by atoms with Gasteiger partial charge in [0, 0.05) is 6.42 Å². The first-order chi connectivity index (χ1) is 13.5. The lowest BCUT2D eigenvalue weighted by Crippen LogP contribution is -3.15. The van der Waals surface area contributed by atoms with Crippen molar-refractivity contribution in [2.24, 2.45) is 0 Å². The standard InChI is InChI=1S/C22H28N4O2/c1-15-3-5-17(6-4-15)18-13-19-21(20(28)14-18)16(2)23-22(24-19)26-9-7-25(8-10-26)11-12-27/h3-6,18,27H,7-14H2,1-2H3/p+1/t18-/m0/s1. The lowest BCUT2D eigenvalue weighted by molar-refractivity contribution is -0.900. The molecule has 0 amide bonds. The van der Waals surface area contributed by atoms with Crippen molar-refractivity contribution in [1.82, 2.24) is 9.97 Å². The minimum atomic E-state index is 0.160. The van der Waals surface area contributed by atoms with Gasteiger partial charge in [-0.25, -0.2) is 9.97 Å². The summed E-state index contributed by atoms with van der Waals surface area (Å²) in [5.41, 5.74) is 4.88. The Morgan fingerprint density at radius 1 is 1.11 bits per heavy atom. The summed E-state index contributed by atoms with van der Waals surface area (Å²) in [6.45, 7) is 8.75. The van der Waals surface area contributed by atoms with E-state index in [-0.39, 0.29) is 18.3 Å². The van der Waals surface area contributed by atoms with Crippen molar-refractivity contribution in [3.05, 3.63) is 52.3 Å². The molecule has 28 heavy (non-hydrogen) atoms. The molecule has 148 valence electrons. The van der Waals surface area contributed by atoms with Gasteiger partial charge in [0.05, 0.1) is 49.7 Å². The predicted octanol–water partition coefficient (Wildman–Crippen LogP) is 0.703. The van der Waals surface area contributed by atoms with Gasteiger partial charge in [0.15, 0.2) is 5.78 Å². The highest BCUT2D eigenvalue weighted by Crippen LogP contribution is 2.33. The number of aliphatic hydroxyl groups excluding tert-OH is 1. The zero-order chi connectivity index (χ0) is 19.7. The smallest absolute Gasteiger partial charge is 0.226 e. The number of quaternary nitrogens is 1. The molecule has 1 fully saturated rings. The Hall–Kier alpha value is -2.31. The SMILES string of the molecule is Cc1ccc([C@@H]2CC(=O)c3c(C)nc(N4CC[NH+](CCO)CC4)nc3C2)cc1. The van der Waals surface area contributed by atoms with E-state index in [2.05, 4.69) is 41.1 Å². The molecule has 1 saturated heterocycles. The molecule has 0 spiro atoms. The number of nitrogens with zero attached hydrogens (tertiary/aromatic N) is 3. The number of rotatable bonds is 4. The molecule has 1 atom stereocenters. The Balaban J connectivity index is 1.57. The van der Waals surface area contributed by atoms with Crippen LogP contribution in [0.25, 0.3) is 0 Å². The molecular weight excluding hydrogens is 352 g/mol. The number of aryl methyl sites for hydroxylation is 2. The number of carbonyl (C=O) groups excluding carboxylic acids is 1. The first-order valence-electron chi connectivity index (χ1n) is 10.2. The zero-order valence-electron chi connectivity index (χ0n) is 16.7. The molecule has 2 heterocycles. The van der Waals surface area contributed by atoms with E-state index in [1.165, 1.54) is 16.0 Å². The maximum atomic E-state index is 12.8. The fourth-order valence-electron chi connectivity index (χ4n) is 4.40. The van der Waals surface area contributed by atoms with E-state index in [9.17, 15) is 4.79 Å². The van der Waals surface area contributed by atoms with Crippen LogP contribution < -0.4 is 9.80 Å². The van der Waals surface area contributed by atoms with E-state index in [0.717, 1.165) is 62.0 Å². The third-order valence-corrected chi connectivity index (χ3v) is 6.07. The number of aromatic nitrogens is 2. The molecule has 0 unspecified atom stereocenters. The largest absolute Gasteiger partial charge is 0.391 e. The summed E-state index contributed by atoms with van der Waals surface area (Å²) in [7, 11) is 0. The zero-order valence-corrected chi connectivity index (χ0v) is 16.7. The van der Waals surface area contributed by atoms with Crippen LogP contribution in [-0.2, 0) is 6.42 Å². The maximum absolute atomic E-state index is 12.8. The van der Waals surface area contributed by atoms with E-state index in [4.69, 9.17) is 10.1 Å². The molecule has 1 aliphatic carbocycles. The average Bonchev–Trinajstić information content (AvgIpc) is 2.68. The van der Waals surface area contributed by atoms with Crippen molar-refractivity contribution < 1.29 is 14.8 Å². The summed E-state index contributed by atoms with van der Waals surface area (Å²) in [4.78, 5) is 26.0. The topological polar surface area (TPSA) is 70.8 Å². The molecule has 4 rings (SSSR count). The number of aliphatic hydroxyl groups is 1. The van der Waals surface area contributed by atoms with Gasteiger partial charge in [-0.05, 0) is 31.7 Å². The predicted molar refractivity (Wildman–Crippen MR) is 108 cm³/mol. The Kier molecular flexibility index (Phi) is 5.42. The molecule has 2 aromatic rings. The van der Waals surface area contributed by atoms with E-state index < -0.39 is 0 Å². The van der Waals surface area contributed by atoms with Crippen LogP contribution in [0.15, 0.2) is 24.3 Å². The van der Waals surface area contributed by atoms with E-state index >= 15 is 0 Å². The lowest BCUT2D eigenvalue weighted by atomic mass is 9.81. The van der Waals surface area contributed by atoms with E-state index in [1.54, 1.807) is 0 Å². The minimum Gasteiger partial charge on any atom is -0.391 e. The van der Waals surface area contributed by atoms with Gasteiger partial charge >= 0.3 is 0 Å².